The maximum atomic E-state index is 13.9. The van der Waals surface area contributed by atoms with Crippen LogP contribution in [0.5, 0.6) is 17.2 Å². The lowest BCUT2D eigenvalue weighted by atomic mass is 9.72. The van der Waals surface area contributed by atoms with E-state index in [1.807, 2.05) is 4.90 Å². The molecule has 256 valence electrons. The first-order valence-corrected chi connectivity index (χ1v) is 15.0. The minimum Gasteiger partial charge on any atom is -0.507 e. The lowest BCUT2D eigenvalue weighted by Crippen LogP contribution is -2.59. The molecule has 0 amide bonds. The van der Waals surface area contributed by atoms with Crippen LogP contribution in [0, 0.1) is 0 Å². The van der Waals surface area contributed by atoms with Gasteiger partial charge in [-0.15, -0.1) is 12.4 Å². The van der Waals surface area contributed by atoms with Crippen LogP contribution in [-0.4, -0.2) is 125 Å². The van der Waals surface area contributed by atoms with Crippen LogP contribution in [0.2, 0.25) is 0 Å². The Morgan fingerprint density at radius 1 is 1.09 bits per heavy atom. The molecule has 2 heterocycles. The Balaban J connectivity index is 0.00000433. The Bertz CT molecular complexity index is 1580. The molecule has 4 aliphatic rings. The van der Waals surface area contributed by atoms with Crippen molar-refractivity contribution in [2.24, 2.45) is 0 Å². The van der Waals surface area contributed by atoms with E-state index in [1.165, 1.54) is 32.4 Å². The lowest BCUT2D eigenvalue weighted by Gasteiger charge is -2.47. The van der Waals surface area contributed by atoms with Gasteiger partial charge < -0.3 is 49.2 Å². The lowest BCUT2D eigenvalue weighted by molar-refractivity contribution is -0.266. The molecule has 7 atom stereocenters. The fourth-order valence-corrected chi connectivity index (χ4v) is 7.14. The molecule has 15 heteroatoms. The summed E-state index contributed by atoms with van der Waals surface area (Å²) in [5.41, 5.74) is -3.62. The number of aromatic hydroxyl groups is 2. The number of Topliss-reactive ketones (excluding diaryl/α,β-unsaturated/α-hetero) is 1. The molecule has 2 aliphatic carbocycles. The molecular formula is C32H38ClNO13. The number of carbonyl (C=O) groups excluding carboxylic acids is 3. The number of rotatable bonds is 7. The molecule has 2 fully saturated rings. The molecular weight excluding hydrogens is 642 g/mol. The van der Waals surface area contributed by atoms with Crippen molar-refractivity contribution in [3.63, 3.8) is 0 Å². The van der Waals surface area contributed by atoms with Crippen LogP contribution in [0.4, 0.5) is 0 Å². The van der Waals surface area contributed by atoms with Crippen molar-refractivity contribution in [2.45, 2.75) is 68.7 Å². The minimum absolute atomic E-state index is 0. The third-order valence-corrected chi connectivity index (χ3v) is 9.53. The first kappa shape index (κ1) is 35.1. The molecule has 2 aliphatic heterocycles. The molecule has 6 rings (SSSR count). The van der Waals surface area contributed by atoms with Crippen molar-refractivity contribution in [3.05, 3.63) is 51.6 Å². The molecule has 2 aromatic carbocycles. The van der Waals surface area contributed by atoms with Gasteiger partial charge in [-0.25, -0.2) is 0 Å². The van der Waals surface area contributed by atoms with Crippen LogP contribution >= 0.6 is 12.4 Å². The van der Waals surface area contributed by atoms with Crippen molar-refractivity contribution in [2.75, 3.05) is 40.5 Å². The summed E-state index contributed by atoms with van der Waals surface area (Å²) < 4.78 is 28.6. The highest BCUT2D eigenvalue weighted by atomic mass is 35.5. The molecule has 6 unspecified atom stereocenters. The van der Waals surface area contributed by atoms with E-state index >= 15 is 0 Å². The highest BCUT2D eigenvalue weighted by Gasteiger charge is 2.50. The molecule has 0 spiro atoms. The summed E-state index contributed by atoms with van der Waals surface area (Å²) in [6.45, 7) is 1.88. The Hall–Kier alpha value is -3.18. The molecule has 0 radical (unpaired) electrons. The van der Waals surface area contributed by atoms with Crippen molar-refractivity contribution >= 4 is 29.8 Å². The van der Waals surface area contributed by atoms with Crippen LogP contribution in [0.25, 0.3) is 0 Å². The van der Waals surface area contributed by atoms with E-state index in [1.54, 1.807) is 6.92 Å². The number of aliphatic hydroxyl groups excluding tert-OH is 2. The zero-order valence-electron chi connectivity index (χ0n) is 26.0. The van der Waals surface area contributed by atoms with Gasteiger partial charge in [-0.3, -0.25) is 19.3 Å². The van der Waals surface area contributed by atoms with Gasteiger partial charge in [0.25, 0.3) is 0 Å². The number of hydrogen-bond acceptors (Lipinski definition) is 14. The Labute approximate surface area is 276 Å². The Morgan fingerprint density at radius 3 is 2.49 bits per heavy atom. The quantitative estimate of drug-likeness (QED) is 0.219. The number of phenols is 2. The number of carbonyl (C=O) groups is 3. The molecule has 2 aromatic rings. The molecule has 47 heavy (non-hydrogen) atoms. The fraction of sp³-hybridized carbons (Fsp3) is 0.531. The SMILES string of the molecule is COc1cccc2c1C(=O)c1c(O)c3c(c(O)c1C2=O)C[C@@](O)(C(=O)CO)CC3OC1CC(N2CCOC(OC)C2)C(O)C(C)O1.Cl. The second kappa shape index (κ2) is 13.4. The second-order valence-electron chi connectivity index (χ2n) is 12.1. The summed E-state index contributed by atoms with van der Waals surface area (Å²) >= 11 is 0. The maximum Gasteiger partial charge on any atom is 0.202 e. The first-order chi connectivity index (χ1) is 21.9. The number of benzene rings is 2. The summed E-state index contributed by atoms with van der Waals surface area (Å²) in [5, 5.41) is 55.5. The second-order valence-corrected chi connectivity index (χ2v) is 12.1. The number of halogens is 1. The number of ketones is 3. The number of ether oxygens (including phenoxy) is 5. The van der Waals surface area contributed by atoms with E-state index in [0.717, 1.165) is 0 Å². The monoisotopic (exact) mass is 679 g/mol. The van der Waals surface area contributed by atoms with E-state index in [2.05, 4.69) is 0 Å². The van der Waals surface area contributed by atoms with E-state index in [0.29, 0.717) is 19.7 Å². The molecule has 5 N–H and O–H groups in total. The smallest absolute Gasteiger partial charge is 0.202 e. The highest BCUT2D eigenvalue weighted by molar-refractivity contribution is 6.31. The first-order valence-electron chi connectivity index (χ1n) is 15.0. The number of phenolic OH excluding ortho intramolecular Hbond substituents is 2. The number of nitrogens with zero attached hydrogens (tertiary/aromatic N) is 1. The van der Waals surface area contributed by atoms with Gasteiger partial charge in [-0.1, -0.05) is 12.1 Å². The molecule has 2 saturated heterocycles. The van der Waals surface area contributed by atoms with Crippen molar-refractivity contribution < 1.29 is 63.6 Å². The number of methoxy groups -OCH3 is 2. The van der Waals surface area contributed by atoms with Crippen LogP contribution in [0.3, 0.4) is 0 Å². The van der Waals surface area contributed by atoms with Crippen LogP contribution in [0.1, 0.15) is 68.8 Å². The van der Waals surface area contributed by atoms with Gasteiger partial charge >= 0.3 is 0 Å². The third kappa shape index (κ3) is 5.81. The molecule has 0 aromatic heterocycles. The van der Waals surface area contributed by atoms with Gasteiger partial charge in [-0.2, -0.15) is 0 Å². The normalized spacial score (nSPS) is 30.5. The molecule has 14 nitrogen and oxygen atoms in total. The van der Waals surface area contributed by atoms with Gasteiger partial charge in [0, 0.05) is 62.2 Å². The summed E-state index contributed by atoms with van der Waals surface area (Å²) in [4.78, 5) is 42.4. The number of morpholine rings is 1. The molecule has 0 bridgehead atoms. The average molecular weight is 680 g/mol. The summed E-state index contributed by atoms with van der Waals surface area (Å²) in [7, 11) is 2.85. The summed E-state index contributed by atoms with van der Waals surface area (Å²) in [5.74, 6) is -3.75. The standard InChI is InChI=1S/C32H37NO13.ClH/c1-14-27(36)17(33-7-8-44-22(12-33)43-3)9-21(45-14)46-19-11-32(41,20(35)13-34)10-16-24(19)31(40)26-25(29(16)38)28(37)15-5-4-6-18(42-2)23(15)30(26)39;/h4-6,14,17,19,21-22,27,34,36,38,40-41H,7-13H2,1-3H3;1H/t14?,17?,19?,21?,22?,27?,32-;/m0./s1. The Morgan fingerprint density at radius 2 is 1.81 bits per heavy atom. The molecule has 0 saturated carbocycles. The van der Waals surface area contributed by atoms with E-state index in [-0.39, 0.29) is 46.8 Å². The topological polar surface area (TPSA) is 202 Å². The van der Waals surface area contributed by atoms with Gasteiger partial charge in [0.15, 0.2) is 24.1 Å². The van der Waals surface area contributed by atoms with E-state index in [9.17, 15) is 39.9 Å². The van der Waals surface area contributed by atoms with Gasteiger partial charge in [0.1, 0.15) is 29.5 Å². The van der Waals surface area contributed by atoms with E-state index in [4.69, 9.17) is 23.7 Å². The predicted molar refractivity (Wildman–Crippen MR) is 163 cm³/mol. The van der Waals surface area contributed by atoms with Crippen molar-refractivity contribution in [3.8, 4) is 17.2 Å². The highest BCUT2D eigenvalue weighted by Crippen LogP contribution is 2.52. The zero-order valence-corrected chi connectivity index (χ0v) is 26.8. The van der Waals surface area contributed by atoms with Crippen molar-refractivity contribution in [1.29, 1.82) is 0 Å². The van der Waals surface area contributed by atoms with E-state index < -0.39 is 102 Å². The van der Waals surface area contributed by atoms with Crippen molar-refractivity contribution in [1.82, 2.24) is 4.90 Å². The maximum absolute atomic E-state index is 13.9. The third-order valence-electron chi connectivity index (χ3n) is 9.53. The van der Waals surface area contributed by atoms with Crippen LogP contribution in [0.15, 0.2) is 18.2 Å². The zero-order chi connectivity index (χ0) is 33.1. The number of fused-ring (bicyclic) bond motifs is 3. The Kier molecular flexibility index (Phi) is 10.0. The van der Waals surface area contributed by atoms with Gasteiger partial charge in [0.05, 0.1) is 48.7 Å². The number of hydrogen-bond donors (Lipinski definition) is 5. The summed E-state index contributed by atoms with van der Waals surface area (Å²) in [6, 6.07) is 3.93. The largest absolute Gasteiger partial charge is 0.507 e. The summed E-state index contributed by atoms with van der Waals surface area (Å²) in [6.07, 6.45) is -5.46. The van der Waals surface area contributed by atoms with Gasteiger partial charge in [-0.05, 0) is 13.0 Å². The predicted octanol–water partition coefficient (Wildman–Crippen LogP) is 0.769. The van der Waals surface area contributed by atoms with Crippen LogP contribution < -0.4 is 4.74 Å². The fourth-order valence-electron chi connectivity index (χ4n) is 7.14. The van der Waals surface area contributed by atoms with Gasteiger partial charge in [0.2, 0.25) is 5.78 Å². The minimum atomic E-state index is -2.26. The number of aliphatic hydroxyl groups is 3. The average Bonchev–Trinajstić information content (AvgIpc) is 3.05. The van der Waals surface area contributed by atoms with Crippen LogP contribution in [-0.2, 0) is 30.2 Å².